The van der Waals surface area contributed by atoms with Crippen LogP contribution in [0.5, 0.6) is 0 Å². The van der Waals surface area contributed by atoms with Gasteiger partial charge in [-0.1, -0.05) is 0 Å². The summed E-state index contributed by atoms with van der Waals surface area (Å²) in [7, 11) is 2.87. The van der Waals surface area contributed by atoms with Crippen molar-refractivity contribution < 1.29 is 14.3 Å². The predicted molar refractivity (Wildman–Crippen MR) is 76.5 cm³/mol. The number of amides is 1. The molecule has 0 fully saturated rings. The molecular weight excluding hydrogens is 398 g/mol. The minimum atomic E-state index is -0.636. The Balaban J connectivity index is 2.28. The van der Waals surface area contributed by atoms with Crippen LogP contribution >= 0.6 is 31.9 Å². The number of halogens is 2. The molecule has 0 aliphatic rings. The van der Waals surface area contributed by atoms with Gasteiger partial charge in [0.25, 0.3) is 5.91 Å². The summed E-state index contributed by atoms with van der Waals surface area (Å²) < 4.78 is 7.03. The second-order valence-electron chi connectivity index (χ2n) is 3.71. The maximum Gasteiger partial charge on any atom is 0.360 e. The lowest BCUT2D eigenvalue weighted by atomic mass is 10.3. The van der Waals surface area contributed by atoms with Crippen LogP contribution in [0.1, 0.15) is 21.0 Å². The van der Waals surface area contributed by atoms with Crippen molar-refractivity contribution in [2.24, 2.45) is 7.05 Å². The molecule has 0 saturated carbocycles. The number of aryl methyl sites for hydroxylation is 1. The number of rotatable bonds is 3. The molecule has 0 aromatic carbocycles. The zero-order valence-electron chi connectivity index (χ0n) is 10.4. The van der Waals surface area contributed by atoms with E-state index in [1.165, 1.54) is 18.0 Å². The van der Waals surface area contributed by atoms with E-state index < -0.39 is 11.9 Å². The number of carbonyl (C=O) groups is 2. The van der Waals surface area contributed by atoms with Crippen LogP contribution in [0.25, 0.3) is 0 Å². The van der Waals surface area contributed by atoms with Gasteiger partial charge in [-0.15, -0.1) is 0 Å². The van der Waals surface area contributed by atoms with Crippen LogP contribution in [0.4, 0.5) is 5.69 Å². The van der Waals surface area contributed by atoms with E-state index >= 15 is 0 Å². The van der Waals surface area contributed by atoms with E-state index in [2.05, 4.69) is 57.2 Å². The fraction of sp³-hybridized carbons (Fsp3) is 0.200. The monoisotopic (exact) mass is 405 g/mol. The molecule has 2 aromatic rings. The Morgan fingerprint density at radius 3 is 2.65 bits per heavy atom. The Labute approximate surface area is 130 Å². The molecule has 0 radical (unpaired) electrons. The van der Waals surface area contributed by atoms with Crippen molar-refractivity contribution in [2.45, 2.75) is 0 Å². The van der Waals surface area contributed by atoms with Crippen LogP contribution in [-0.4, -0.2) is 39.0 Å². The third-order valence-corrected chi connectivity index (χ3v) is 4.22. The molecule has 0 spiro atoms. The van der Waals surface area contributed by atoms with Crippen molar-refractivity contribution in [3.05, 3.63) is 26.7 Å². The van der Waals surface area contributed by atoms with E-state index in [-0.39, 0.29) is 17.1 Å². The van der Waals surface area contributed by atoms with Crippen LogP contribution in [0.3, 0.4) is 0 Å². The molecule has 2 heterocycles. The average molecular weight is 407 g/mol. The van der Waals surface area contributed by atoms with Crippen LogP contribution in [0.2, 0.25) is 0 Å². The van der Waals surface area contributed by atoms with Crippen molar-refractivity contribution >= 4 is 49.4 Å². The molecule has 0 aliphatic heterocycles. The quantitative estimate of drug-likeness (QED) is 0.755. The molecule has 1 amide bonds. The fourth-order valence-electron chi connectivity index (χ4n) is 1.47. The number of esters is 1. The summed E-state index contributed by atoms with van der Waals surface area (Å²) in [5.41, 5.74) is 0.418. The van der Waals surface area contributed by atoms with Gasteiger partial charge in [-0.05, 0) is 31.9 Å². The van der Waals surface area contributed by atoms with Crippen molar-refractivity contribution in [3.8, 4) is 0 Å². The first-order chi connectivity index (χ1) is 9.43. The van der Waals surface area contributed by atoms with Crippen molar-refractivity contribution in [1.29, 1.82) is 0 Å². The number of hydrogen-bond donors (Lipinski definition) is 2. The number of nitrogens with one attached hydrogen (secondary N) is 2. The third kappa shape index (κ3) is 2.75. The van der Waals surface area contributed by atoms with Gasteiger partial charge in [0.2, 0.25) is 0 Å². The molecule has 0 bridgehead atoms. The smallest absolute Gasteiger partial charge is 0.360 e. The molecule has 0 unspecified atom stereocenters. The maximum absolute atomic E-state index is 12.1. The van der Waals surface area contributed by atoms with E-state index in [1.54, 1.807) is 7.05 Å². The van der Waals surface area contributed by atoms with Crippen LogP contribution in [0.15, 0.2) is 15.3 Å². The molecule has 2 rings (SSSR count). The maximum atomic E-state index is 12.1. The summed E-state index contributed by atoms with van der Waals surface area (Å²) in [5, 5.41) is 12.9. The van der Waals surface area contributed by atoms with Crippen LogP contribution < -0.4 is 5.32 Å². The van der Waals surface area contributed by atoms with E-state index in [0.717, 1.165) is 0 Å². The number of aromatic nitrogens is 4. The summed E-state index contributed by atoms with van der Waals surface area (Å²) in [4.78, 5) is 23.6. The molecule has 10 heteroatoms. The van der Waals surface area contributed by atoms with Gasteiger partial charge >= 0.3 is 5.97 Å². The first kappa shape index (κ1) is 14.7. The minimum absolute atomic E-state index is 0.0223. The molecule has 20 heavy (non-hydrogen) atoms. The highest BCUT2D eigenvalue weighted by atomic mass is 79.9. The Kier molecular flexibility index (Phi) is 4.23. The van der Waals surface area contributed by atoms with Gasteiger partial charge in [0.1, 0.15) is 4.60 Å². The molecule has 2 aromatic heterocycles. The number of ether oxygens (including phenoxy) is 1. The lowest BCUT2D eigenvalue weighted by Crippen LogP contribution is -2.15. The highest BCUT2D eigenvalue weighted by Gasteiger charge is 2.22. The summed E-state index contributed by atoms with van der Waals surface area (Å²) in [6, 6.07) is 0. The van der Waals surface area contributed by atoms with Crippen molar-refractivity contribution in [1.82, 2.24) is 20.0 Å². The number of anilines is 1. The molecular formula is C10H9Br2N5O3. The van der Waals surface area contributed by atoms with Gasteiger partial charge in [0, 0.05) is 13.2 Å². The van der Waals surface area contributed by atoms with Crippen LogP contribution in [-0.2, 0) is 11.8 Å². The van der Waals surface area contributed by atoms with Gasteiger partial charge < -0.3 is 10.1 Å². The highest BCUT2D eigenvalue weighted by Crippen LogP contribution is 2.25. The molecule has 2 N–H and O–H groups in total. The Bertz CT molecular complexity index is 678. The second-order valence-corrected chi connectivity index (χ2v) is 5.30. The summed E-state index contributed by atoms with van der Waals surface area (Å²) in [6.45, 7) is 0. The highest BCUT2D eigenvalue weighted by molar-refractivity contribution is 9.13. The topological polar surface area (TPSA) is 102 Å². The second kappa shape index (κ2) is 5.75. The largest absolute Gasteiger partial charge is 0.464 e. The molecule has 0 saturated heterocycles. The molecule has 106 valence electrons. The number of nitrogens with zero attached hydrogens (tertiary/aromatic N) is 3. The van der Waals surface area contributed by atoms with Crippen molar-refractivity contribution in [3.63, 3.8) is 0 Å². The van der Waals surface area contributed by atoms with E-state index in [4.69, 9.17) is 0 Å². The van der Waals surface area contributed by atoms with Gasteiger partial charge in [0.05, 0.1) is 17.3 Å². The van der Waals surface area contributed by atoms with Gasteiger partial charge in [-0.25, -0.2) is 4.79 Å². The van der Waals surface area contributed by atoms with E-state index in [0.29, 0.717) is 9.08 Å². The van der Waals surface area contributed by atoms with Gasteiger partial charge in [-0.2, -0.15) is 10.2 Å². The van der Waals surface area contributed by atoms with Gasteiger partial charge in [-0.3, -0.25) is 14.6 Å². The molecule has 0 aliphatic carbocycles. The third-order valence-electron chi connectivity index (χ3n) is 2.34. The first-order valence-electron chi connectivity index (χ1n) is 5.26. The number of aromatic amines is 1. The zero-order valence-corrected chi connectivity index (χ0v) is 13.6. The minimum Gasteiger partial charge on any atom is -0.464 e. The van der Waals surface area contributed by atoms with Crippen LogP contribution in [0, 0.1) is 0 Å². The summed E-state index contributed by atoms with van der Waals surface area (Å²) in [6.07, 6.45) is 1.50. The Morgan fingerprint density at radius 2 is 2.10 bits per heavy atom. The standard InChI is InChI=1S/C10H9Br2N5O3/c1-17-3-4(6(16-17)10(19)20-2)13-9(18)7-5(11)8(12)15-14-7/h3H,1-2H3,(H,13,18)(H,14,15). The first-order valence-corrected chi connectivity index (χ1v) is 6.85. The number of hydrogen-bond acceptors (Lipinski definition) is 5. The normalized spacial score (nSPS) is 10.4. The van der Waals surface area contributed by atoms with E-state index in [1.807, 2.05) is 0 Å². The predicted octanol–water partition coefficient (Wildman–Crippen LogP) is 1.71. The SMILES string of the molecule is COC(=O)c1nn(C)cc1NC(=O)c1n[nH]c(Br)c1Br. The average Bonchev–Trinajstić information content (AvgIpc) is 2.93. The summed E-state index contributed by atoms with van der Waals surface area (Å²) >= 11 is 6.40. The lowest BCUT2D eigenvalue weighted by molar-refractivity contribution is 0.0594. The Morgan fingerprint density at radius 1 is 1.40 bits per heavy atom. The Hall–Kier alpha value is -1.68. The summed E-state index contributed by atoms with van der Waals surface area (Å²) in [5.74, 6) is -1.12. The van der Waals surface area contributed by atoms with Crippen molar-refractivity contribution in [2.75, 3.05) is 12.4 Å². The molecule has 0 atom stereocenters. The lowest BCUT2D eigenvalue weighted by Gasteiger charge is -2.02. The number of carbonyl (C=O) groups excluding carboxylic acids is 2. The molecule has 8 nitrogen and oxygen atoms in total. The number of H-pyrrole nitrogens is 1. The zero-order chi connectivity index (χ0) is 14.9. The van der Waals surface area contributed by atoms with E-state index in [9.17, 15) is 9.59 Å². The fourth-order valence-corrected chi connectivity index (χ4v) is 2.10. The van der Waals surface area contributed by atoms with Gasteiger partial charge in [0.15, 0.2) is 11.4 Å². The number of methoxy groups -OCH3 is 1.